The van der Waals surface area contributed by atoms with Crippen molar-refractivity contribution in [3.63, 3.8) is 0 Å². The third kappa shape index (κ3) is 4.92. The second-order valence-electron chi connectivity index (χ2n) is 10.2. The van der Waals surface area contributed by atoms with Crippen LogP contribution in [-0.4, -0.2) is 53.2 Å². The lowest BCUT2D eigenvalue weighted by molar-refractivity contribution is -0.121. The van der Waals surface area contributed by atoms with Crippen LogP contribution in [0.15, 0.2) is 97.8 Å². The number of aromatic nitrogens is 6. The summed E-state index contributed by atoms with van der Waals surface area (Å²) in [4.78, 5) is 42.2. The molecule has 3 aromatic heterocycles. The topological polar surface area (TPSA) is 119 Å². The predicted octanol–water partition coefficient (Wildman–Crippen LogP) is 5.44. The molecule has 12 heteroatoms. The van der Waals surface area contributed by atoms with Crippen LogP contribution in [0.5, 0.6) is 0 Å². The van der Waals surface area contributed by atoms with Crippen LogP contribution in [0.3, 0.4) is 0 Å². The summed E-state index contributed by atoms with van der Waals surface area (Å²) >= 11 is 5.94. The minimum atomic E-state index is -1.01. The van der Waals surface area contributed by atoms with Crippen LogP contribution >= 0.6 is 11.6 Å². The fourth-order valence-electron chi connectivity index (χ4n) is 5.54. The quantitative estimate of drug-likeness (QED) is 0.278. The van der Waals surface area contributed by atoms with E-state index < -0.39 is 23.7 Å². The number of anilines is 1. The molecule has 0 saturated carbocycles. The van der Waals surface area contributed by atoms with Crippen molar-refractivity contribution in [1.82, 2.24) is 34.8 Å². The van der Waals surface area contributed by atoms with Gasteiger partial charge >= 0.3 is 0 Å². The van der Waals surface area contributed by atoms with E-state index in [4.69, 9.17) is 11.6 Å². The summed E-state index contributed by atoms with van der Waals surface area (Å²) in [7, 11) is 0. The van der Waals surface area contributed by atoms with Crippen molar-refractivity contribution in [1.29, 1.82) is 0 Å². The smallest absolute Gasteiger partial charge is 0.277 e. The highest BCUT2D eigenvalue weighted by molar-refractivity contribution is 6.30. The predicted molar refractivity (Wildman–Crippen MR) is 162 cm³/mol. The molecule has 2 amide bonds. The fourth-order valence-corrected chi connectivity index (χ4v) is 5.71. The first-order valence-corrected chi connectivity index (χ1v) is 14.1. The molecular weight excluding hydrogens is 583 g/mol. The largest absolute Gasteiger partial charge is 0.324 e. The number of nitrogens with zero attached hydrogens (tertiary/aromatic N) is 7. The molecule has 1 aliphatic rings. The summed E-state index contributed by atoms with van der Waals surface area (Å²) in [5.74, 6) is -1.62. The minimum absolute atomic E-state index is 0.0443. The second kappa shape index (κ2) is 11.3. The monoisotopic (exact) mass is 604 g/mol. The fraction of sp³-hybridized carbons (Fsp3) is 0.0938. The van der Waals surface area contributed by atoms with Crippen molar-refractivity contribution in [3.05, 3.63) is 126 Å². The average molecular weight is 605 g/mol. The highest BCUT2D eigenvalue weighted by Gasteiger charge is 2.38. The molecule has 0 radical (unpaired) electrons. The molecule has 44 heavy (non-hydrogen) atoms. The number of rotatable bonds is 5. The van der Waals surface area contributed by atoms with Gasteiger partial charge in [0.15, 0.2) is 11.5 Å². The number of carbonyl (C=O) groups excluding carboxylic acids is 2. The first kappa shape index (κ1) is 27.3. The molecule has 0 unspecified atom stereocenters. The highest BCUT2D eigenvalue weighted by Crippen LogP contribution is 2.37. The van der Waals surface area contributed by atoms with Gasteiger partial charge in [-0.25, -0.2) is 19.0 Å². The van der Waals surface area contributed by atoms with Crippen LogP contribution in [0.2, 0.25) is 5.02 Å². The SMILES string of the molecule is O=C(Nc1ccc2ncccc2c1)[C@H]1c2cccc(-c3cncnc3)c2CCN1C(=O)c1cn(-c2cccc(Cl)c2F)nn1. The second-order valence-corrected chi connectivity index (χ2v) is 10.6. The van der Waals surface area contributed by atoms with Crippen LogP contribution < -0.4 is 5.32 Å². The van der Waals surface area contributed by atoms with Gasteiger partial charge in [0.2, 0.25) is 0 Å². The first-order valence-electron chi connectivity index (χ1n) is 13.7. The van der Waals surface area contributed by atoms with Crippen molar-refractivity contribution in [2.24, 2.45) is 0 Å². The molecule has 216 valence electrons. The normalized spacial score (nSPS) is 14.3. The van der Waals surface area contributed by atoms with E-state index in [1.165, 1.54) is 29.6 Å². The Morgan fingerprint density at radius 1 is 1.00 bits per heavy atom. The van der Waals surface area contributed by atoms with E-state index in [1.807, 2.05) is 42.5 Å². The van der Waals surface area contributed by atoms with Crippen LogP contribution in [0, 0.1) is 5.82 Å². The molecule has 3 aromatic carbocycles. The molecule has 7 rings (SSSR count). The zero-order valence-electron chi connectivity index (χ0n) is 22.9. The zero-order valence-corrected chi connectivity index (χ0v) is 23.7. The number of hydrogen-bond donors (Lipinski definition) is 1. The summed E-state index contributed by atoms with van der Waals surface area (Å²) in [5, 5.41) is 11.8. The average Bonchev–Trinajstić information content (AvgIpc) is 3.55. The lowest BCUT2D eigenvalue weighted by Gasteiger charge is -2.36. The number of halogens is 2. The Morgan fingerprint density at radius 3 is 2.70 bits per heavy atom. The van der Waals surface area contributed by atoms with Crippen molar-refractivity contribution in [2.45, 2.75) is 12.5 Å². The van der Waals surface area contributed by atoms with Gasteiger partial charge in [-0.15, -0.1) is 5.10 Å². The molecule has 0 aliphatic carbocycles. The van der Waals surface area contributed by atoms with Crippen molar-refractivity contribution in [3.8, 4) is 16.8 Å². The van der Waals surface area contributed by atoms with Crippen molar-refractivity contribution >= 4 is 40.0 Å². The molecule has 1 N–H and O–H groups in total. The van der Waals surface area contributed by atoms with E-state index in [0.29, 0.717) is 17.7 Å². The molecule has 10 nitrogen and oxygen atoms in total. The van der Waals surface area contributed by atoms with E-state index in [-0.39, 0.29) is 22.9 Å². The van der Waals surface area contributed by atoms with E-state index in [1.54, 1.807) is 30.7 Å². The van der Waals surface area contributed by atoms with Crippen LogP contribution in [0.4, 0.5) is 10.1 Å². The zero-order chi connectivity index (χ0) is 30.2. The van der Waals surface area contributed by atoms with Gasteiger partial charge in [0.25, 0.3) is 11.8 Å². The van der Waals surface area contributed by atoms with Gasteiger partial charge in [-0.05, 0) is 59.5 Å². The number of amides is 2. The molecule has 0 spiro atoms. The maximum atomic E-state index is 14.7. The van der Waals surface area contributed by atoms with Crippen LogP contribution in [0.1, 0.15) is 27.7 Å². The minimum Gasteiger partial charge on any atom is -0.324 e. The summed E-state index contributed by atoms with van der Waals surface area (Å²) in [6, 6.07) is 18.3. The van der Waals surface area contributed by atoms with Gasteiger partial charge in [0.1, 0.15) is 18.1 Å². The molecule has 4 heterocycles. The third-order valence-electron chi connectivity index (χ3n) is 7.56. The van der Waals surface area contributed by atoms with Gasteiger partial charge in [-0.3, -0.25) is 14.6 Å². The molecular formula is C32H22ClFN8O2. The molecule has 0 saturated heterocycles. The Morgan fingerprint density at radius 2 is 1.84 bits per heavy atom. The van der Waals surface area contributed by atoms with E-state index in [0.717, 1.165) is 32.3 Å². The summed E-state index contributed by atoms with van der Waals surface area (Å²) < 4.78 is 15.8. The molecule has 0 bridgehead atoms. The van der Waals surface area contributed by atoms with Crippen LogP contribution in [0.25, 0.3) is 27.7 Å². The maximum Gasteiger partial charge on any atom is 0.277 e. The Balaban J connectivity index is 1.28. The van der Waals surface area contributed by atoms with E-state index in [9.17, 15) is 14.0 Å². The highest BCUT2D eigenvalue weighted by atomic mass is 35.5. The summed E-state index contributed by atoms with van der Waals surface area (Å²) in [6.45, 7) is 0.217. The third-order valence-corrected chi connectivity index (χ3v) is 7.85. The van der Waals surface area contributed by atoms with Crippen molar-refractivity contribution in [2.75, 3.05) is 11.9 Å². The maximum absolute atomic E-state index is 14.7. The molecule has 1 atom stereocenters. The number of carbonyl (C=O) groups is 2. The summed E-state index contributed by atoms with van der Waals surface area (Å²) in [5.41, 5.74) is 4.61. The Bertz CT molecular complexity index is 2050. The molecule has 1 aliphatic heterocycles. The molecule has 6 aromatic rings. The van der Waals surface area contributed by atoms with Crippen molar-refractivity contribution < 1.29 is 14.0 Å². The van der Waals surface area contributed by atoms with Gasteiger partial charge in [-0.1, -0.05) is 47.1 Å². The summed E-state index contributed by atoms with van der Waals surface area (Å²) in [6.07, 6.45) is 8.38. The number of fused-ring (bicyclic) bond motifs is 2. The number of hydrogen-bond acceptors (Lipinski definition) is 7. The van der Waals surface area contributed by atoms with E-state index >= 15 is 0 Å². The lowest BCUT2D eigenvalue weighted by atomic mass is 9.86. The van der Waals surface area contributed by atoms with Gasteiger partial charge < -0.3 is 10.2 Å². The number of benzene rings is 3. The Hall–Kier alpha value is -5.55. The van der Waals surface area contributed by atoms with Crippen LogP contribution in [-0.2, 0) is 11.2 Å². The number of pyridine rings is 1. The van der Waals surface area contributed by atoms with E-state index in [2.05, 4.69) is 30.6 Å². The standard InChI is InChI=1S/C32H22ClFN8O2/c33-25-7-2-8-28(29(25)34)42-17-27(39-40-42)32(44)41-13-11-23-22(20-15-35-18-36-16-20)5-1-6-24(23)30(41)31(43)38-21-9-10-26-19(14-21)4-3-12-37-26/h1-10,12,14-18,30H,11,13H2,(H,38,43)/t30-/m1/s1. The molecule has 0 fully saturated rings. The van der Waals surface area contributed by atoms with Gasteiger partial charge in [-0.2, -0.15) is 0 Å². The Labute approximate surface area is 255 Å². The van der Waals surface area contributed by atoms with Gasteiger partial charge in [0.05, 0.1) is 16.7 Å². The number of nitrogens with one attached hydrogen (secondary N) is 1. The first-order chi connectivity index (χ1) is 21.5. The Kier molecular flexibility index (Phi) is 6.99. The lowest BCUT2D eigenvalue weighted by Crippen LogP contribution is -2.45. The van der Waals surface area contributed by atoms with Gasteiger partial charge in [0, 0.05) is 41.8 Å².